The zero-order valence-electron chi connectivity index (χ0n) is 29.2. The Kier molecular flexibility index (Phi) is 10.7. The Balaban J connectivity index is 1.56. The summed E-state index contributed by atoms with van der Waals surface area (Å²) in [5.74, 6) is 0.0362. The first-order valence-corrected chi connectivity index (χ1v) is 16.8. The van der Waals surface area contributed by atoms with Crippen LogP contribution in [0.25, 0.3) is 0 Å². The fourth-order valence-electron chi connectivity index (χ4n) is 5.84. The lowest BCUT2D eigenvalue weighted by atomic mass is 9.83. The van der Waals surface area contributed by atoms with Crippen LogP contribution >= 0.6 is 0 Å². The number of carbonyl (C=O) groups excluding carboxylic acids is 3. The predicted octanol–water partition coefficient (Wildman–Crippen LogP) is 8.78. The number of aliphatic imine (C=N–C) groups is 1. The number of hydrazone groups is 1. The van der Waals surface area contributed by atoms with Gasteiger partial charge in [0.1, 0.15) is 11.2 Å². The van der Waals surface area contributed by atoms with E-state index >= 15 is 0 Å². The maximum atomic E-state index is 14.6. The number of carbonyl (C=O) groups is 3. The number of rotatable bonds is 5. The molecular weight excluding hydrogens is 620 g/mol. The summed E-state index contributed by atoms with van der Waals surface area (Å²) in [4.78, 5) is 46.2. The first kappa shape index (κ1) is 35.1. The third-order valence-electron chi connectivity index (χ3n) is 7.80. The largest absolute Gasteiger partial charge is 0.444 e. The van der Waals surface area contributed by atoms with Crippen molar-refractivity contribution in [2.24, 2.45) is 16.0 Å². The lowest BCUT2D eigenvalue weighted by Gasteiger charge is -2.27. The maximum Gasteiger partial charge on any atom is 0.414 e. The van der Waals surface area contributed by atoms with Crippen molar-refractivity contribution in [3.63, 3.8) is 0 Å². The van der Waals surface area contributed by atoms with Gasteiger partial charge < -0.3 is 9.47 Å². The van der Waals surface area contributed by atoms with Gasteiger partial charge in [0.05, 0.1) is 29.3 Å². The summed E-state index contributed by atoms with van der Waals surface area (Å²) in [5.41, 5.74) is 2.82. The van der Waals surface area contributed by atoms with Crippen molar-refractivity contribution in [1.82, 2.24) is 15.6 Å². The molecule has 1 fully saturated rings. The number of fused-ring (bicyclic) bond motifs is 1. The molecule has 5 rings (SSSR count). The van der Waals surface area contributed by atoms with Crippen LogP contribution in [0, 0.1) is 5.92 Å². The molecular formula is C38H46N6O5. The number of benzene rings is 3. The maximum absolute atomic E-state index is 14.6. The summed E-state index contributed by atoms with van der Waals surface area (Å²) < 4.78 is 10.8. The van der Waals surface area contributed by atoms with E-state index in [1.165, 1.54) is 6.42 Å². The van der Waals surface area contributed by atoms with Crippen LogP contribution in [0.5, 0.6) is 0 Å². The van der Waals surface area contributed by atoms with Gasteiger partial charge in [-0.2, -0.15) is 5.10 Å². The van der Waals surface area contributed by atoms with Gasteiger partial charge in [0, 0.05) is 11.5 Å². The quantitative estimate of drug-likeness (QED) is 0.208. The van der Waals surface area contributed by atoms with Gasteiger partial charge in [-0.25, -0.2) is 24.4 Å². The minimum absolute atomic E-state index is 0.197. The number of alkyl carbamates (subject to hydrolysis) is 2. The molecule has 2 aliphatic rings. The first-order valence-electron chi connectivity index (χ1n) is 16.8. The molecule has 1 heterocycles. The van der Waals surface area contributed by atoms with Gasteiger partial charge in [-0.3, -0.25) is 15.5 Å². The third-order valence-corrected chi connectivity index (χ3v) is 7.80. The molecule has 3 aromatic carbocycles. The highest BCUT2D eigenvalue weighted by Gasteiger charge is 2.34. The first-order chi connectivity index (χ1) is 23.3. The second-order valence-corrected chi connectivity index (χ2v) is 14.2. The van der Waals surface area contributed by atoms with E-state index in [1.54, 1.807) is 69.7 Å². The molecule has 0 saturated heterocycles. The summed E-state index contributed by atoms with van der Waals surface area (Å²) in [7, 11) is 0. The van der Waals surface area contributed by atoms with Gasteiger partial charge in [-0.1, -0.05) is 73.9 Å². The molecule has 4 amide bonds. The van der Waals surface area contributed by atoms with E-state index < -0.39 is 23.4 Å². The van der Waals surface area contributed by atoms with Crippen molar-refractivity contribution in [3.05, 3.63) is 90.0 Å². The van der Waals surface area contributed by atoms with Gasteiger partial charge in [0.25, 0.3) is 0 Å². The number of amides is 4. The molecule has 0 bridgehead atoms. The number of para-hydroxylation sites is 1. The molecule has 258 valence electrons. The average molecular weight is 667 g/mol. The number of guanidine groups is 1. The second kappa shape index (κ2) is 14.9. The Hall–Kier alpha value is -5.19. The average Bonchev–Trinajstić information content (AvgIpc) is 3.14. The van der Waals surface area contributed by atoms with Gasteiger partial charge in [-0.05, 0) is 84.2 Å². The molecule has 1 saturated carbocycles. The van der Waals surface area contributed by atoms with Crippen LogP contribution in [0.15, 0.2) is 89.0 Å². The smallest absolute Gasteiger partial charge is 0.414 e. The molecule has 1 aliphatic carbocycles. The third kappa shape index (κ3) is 9.68. The number of anilines is 2. The highest BCUT2D eigenvalue weighted by molar-refractivity contribution is 6.14. The fourth-order valence-corrected chi connectivity index (χ4v) is 5.84. The van der Waals surface area contributed by atoms with Crippen LogP contribution < -0.4 is 15.5 Å². The summed E-state index contributed by atoms with van der Waals surface area (Å²) in [6.07, 6.45) is 3.87. The van der Waals surface area contributed by atoms with Crippen molar-refractivity contribution in [2.45, 2.75) is 91.4 Å². The number of hydrogen-bond donors (Lipinski definition) is 2. The topological polar surface area (TPSA) is 125 Å². The molecule has 11 nitrogen and oxygen atoms in total. The molecule has 0 radical (unpaired) electrons. The summed E-state index contributed by atoms with van der Waals surface area (Å²) in [6.45, 7) is 10.7. The normalized spacial score (nSPS) is 15.4. The molecule has 0 spiro atoms. The number of nitrogens with one attached hydrogen (secondary N) is 2. The van der Waals surface area contributed by atoms with E-state index in [1.807, 2.05) is 60.7 Å². The van der Waals surface area contributed by atoms with Crippen LogP contribution in [-0.2, 0) is 16.0 Å². The van der Waals surface area contributed by atoms with E-state index in [0.29, 0.717) is 23.6 Å². The van der Waals surface area contributed by atoms with Crippen molar-refractivity contribution < 1.29 is 23.9 Å². The molecule has 1 aliphatic heterocycles. The number of hydrogen-bond acceptors (Lipinski definition) is 7. The predicted molar refractivity (Wildman–Crippen MR) is 191 cm³/mol. The zero-order valence-corrected chi connectivity index (χ0v) is 29.2. The zero-order chi connectivity index (χ0) is 35.2. The second-order valence-electron chi connectivity index (χ2n) is 14.2. The fraction of sp³-hybridized carbons (Fsp3) is 0.395. The molecule has 0 unspecified atom stereocenters. The van der Waals surface area contributed by atoms with Gasteiger partial charge in [-0.15, -0.1) is 0 Å². The molecule has 2 N–H and O–H groups in total. The Bertz CT molecular complexity index is 1690. The van der Waals surface area contributed by atoms with E-state index in [0.717, 1.165) is 42.5 Å². The minimum atomic E-state index is -0.806. The highest BCUT2D eigenvalue weighted by Crippen LogP contribution is 2.38. The Morgan fingerprint density at radius 3 is 2.06 bits per heavy atom. The monoisotopic (exact) mass is 666 g/mol. The molecule has 3 aromatic rings. The Morgan fingerprint density at radius 2 is 1.43 bits per heavy atom. The molecule has 0 atom stereocenters. The number of nitrogens with zero attached hydrogens (tertiary/aromatic N) is 4. The van der Waals surface area contributed by atoms with Crippen molar-refractivity contribution in [3.8, 4) is 0 Å². The van der Waals surface area contributed by atoms with Crippen molar-refractivity contribution >= 4 is 47.0 Å². The van der Waals surface area contributed by atoms with Crippen molar-refractivity contribution in [2.75, 3.05) is 4.90 Å². The van der Waals surface area contributed by atoms with Crippen LogP contribution in [0.4, 0.5) is 31.4 Å². The van der Waals surface area contributed by atoms with E-state index in [-0.39, 0.29) is 17.9 Å². The van der Waals surface area contributed by atoms with Gasteiger partial charge >= 0.3 is 18.2 Å². The Labute approximate surface area is 288 Å². The summed E-state index contributed by atoms with van der Waals surface area (Å²) in [6, 6.07) is 24.4. The summed E-state index contributed by atoms with van der Waals surface area (Å²) >= 11 is 0. The van der Waals surface area contributed by atoms with Gasteiger partial charge in [0.15, 0.2) is 0 Å². The standard InChI is InChI=1S/C38H46N6O5/c1-37(2,3)48-34(45)40-33(41-35(46)49-38(4,5)6)39-28-20-15-21-29(24-28)44-31-23-14-13-22-30(31)32(27-18-11-8-12-19-27)42-43(36(44)47)25-26-16-9-7-10-17-26/h7,9-10,13-17,20-24,27H,8,11-12,18-19,25H2,1-6H3,(H2,39,40,41,45,46). The van der Waals surface area contributed by atoms with Gasteiger partial charge in [0.2, 0.25) is 5.96 Å². The van der Waals surface area contributed by atoms with E-state index in [4.69, 9.17) is 14.6 Å². The number of urea groups is 1. The molecule has 0 aromatic heterocycles. The van der Waals surface area contributed by atoms with Crippen LogP contribution in [0.1, 0.15) is 84.8 Å². The lowest BCUT2D eigenvalue weighted by molar-refractivity contribution is 0.0545. The van der Waals surface area contributed by atoms with Crippen LogP contribution in [-0.4, -0.2) is 46.1 Å². The Morgan fingerprint density at radius 1 is 0.816 bits per heavy atom. The molecule has 11 heteroatoms. The lowest BCUT2D eigenvalue weighted by Crippen LogP contribution is -2.47. The highest BCUT2D eigenvalue weighted by atomic mass is 16.6. The number of ether oxygens (including phenoxy) is 2. The minimum Gasteiger partial charge on any atom is -0.444 e. The summed E-state index contributed by atoms with van der Waals surface area (Å²) in [5, 5.41) is 11.7. The van der Waals surface area contributed by atoms with Crippen LogP contribution in [0.3, 0.4) is 0 Å². The molecule has 49 heavy (non-hydrogen) atoms. The van der Waals surface area contributed by atoms with E-state index in [2.05, 4.69) is 15.6 Å². The van der Waals surface area contributed by atoms with Crippen molar-refractivity contribution in [1.29, 1.82) is 0 Å². The SMILES string of the molecule is CC(C)(C)OC(=O)NC(=Nc1cccc(N2C(=O)N(Cc3ccccc3)N=C(C3CCCCC3)c3ccccc32)c1)NC(=O)OC(C)(C)C. The van der Waals surface area contributed by atoms with E-state index in [9.17, 15) is 14.4 Å². The van der Waals surface area contributed by atoms with Crippen LogP contribution in [0.2, 0.25) is 0 Å².